The van der Waals surface area contributed by atoms with Gasteiger partial charge in [-0.05, 0) is 106 Å². The van der Waals surface area contributed by atoms with Crippen LogP contribution in [0.25, 0.3) is 0 Å². The molecule has 6 aromatic carbocycles. The van der Waals surface area contributed by atoms with E-state index < -0.39 is 16.1 Å². The smallest absolute Gasteiger partial charge is 0.126 e. The summed E-state index contributed by atoms with van der Waals surface area (Å²) in [6, 6.07) is 48.1. The Kier molecular flexibility index (Phi) is 17.1. The maximum absolute atomic E-state index is 6.95. The van der Waals surface area contributed by atoms with Crippen molar-refractivity contribution in [2.45, 2.75) is 130 Å². The van der Waals surface area contributed by atoms with Gasteiger partial charge in [-0.2, -0.15) is 0 Å². The number of para-hydroxylation sites is 2. The molecule has 0 saturated heterocycles. The van der Waals surface area contributed by atoms with E-state index in [4.69, 9.17) is 18.9 Å². The standard InChI is InChI=1S/C60H76O4Si2/c1-9-31-61-57-47-25-19-26-48(57)38-52-42-56(66(7,8)36-30-46-23-17-14-18-24-46)44-54(60(52)64-34-12-4)40-50-28-20-27-49(58(50)62-32-10-2)39-53-43-55(41-51(37-47)59(53)63-33-11-3)65(5,6)35-29-45-21-15-13-16-22-45/h13-28,41-44H,9-12,29-40H2,1-8H3. The van der Waals surface area contributed by atoms with E-state index in [0.717, 1.165) is 87.2 Å². The van der Waals surface area contributed by atoms with E-state index >= 15 is 0 Å². The van der Waals surface area contributed by atoms with Gasteiger partial charge in [0.1, 0.15) is 23.0 Å². The molecule has 6 aromatic rings. The molecule has 0 fully saturated rings. The molecular weight excluding hydrogens is 841 g/mol. The molecule has 0 unspecified atom stereocenters. The lowest BCUT2D eigenvalue weighted by Gasteiger charge is -2.28. The Morgan fingerprint density at radius 1 is 0.348 bits per heavy atom. The Labute approximate surface area is 400 Å². The Bertz CT molecular complexity index is 2230. The zero-order valence-corrected chi connectivity index (χ0v) is 43.5. The summed E-state index contributed by atoms with van der Waals surface area (Å²) in [6.07, 6.45) is 8.78. The van der Waals surface area contributed by atoms with Gasteiger partial charge in [-0.1, -0.05) is 186 Å². The van der Waals surface area contributed by atoms with Crippen LogP contribution in [0.2, 0.25) is 38.3 Å². The fourth-order valence-corrected chi connectivity index (χ4v) is 14.2. The highest BCUT2D eigenvalue weighted by Crippen LogP contribution is 2.40. The zero-order valence-electron chi connectivity index (χ0n) is 41.5. The molecule has 0 radical (unpaired) electrons. The molecule has 8 bridgehead atoms. The molecular formula is C60H76O4Si2. The first-order chi connectivity index (χ1) is 32.0. The monoisotopic (exact) mass is 917 g/mol. The minimum atomic E-state index is -1.95. The molecule has 4 nitrogen and oxygen atoms in total. The van der Waals surface area contributed by atoms with Crippen molar-refractivity contribution in [3.63, 3.8) is 0 Å². The predicted molar refractivity (Wildman–Crippen MR) is 284 cm³/mol. The normalized spacial score (nSPS) is 12.7. The highest BCUT2D eigenvalue weighted by Gasteiger charge is 2.30. The number of rotatable bonds is 20. The van der Waals surface area contributed by atoms with Crippen LogP contribution in [0.5, 0.6) is 23.0 Å². The largest absolute Gasteiger partial charge is 0.493 e. The van der Waals surface area contributed by atoms with E-state index in [1.807, 2.05) is 0 Å². The Morgan fingerprint density at radius 2 is 0.621 bits per heavy atom. The Morgan fingerprint density at radius 3 is 0.894 bits per heavy atom. The summed E-state index contributed by atoms with van der Waals surface area (Å²) in [6.45, 7) is 21.7. The molecule has 1 aliphatic rings. The summed E-state index contributed by atoms with van der Waals surface area (Å²) in [4.78, 5) is 0. The van der Waals surface area contributed by atoms with Gasteiger partial charge in [0.15, 0.2) is 0 Å². The van der Waals surface area contributed by atoms with Crippen LogP contribution in [-0.2, 0) is 38.5 Å². The second-order valence-electron chi connectivity index (χ2n) is 19.9. The molecule has 0 atom stereocenters. The molecule has 66 heavy (non-hydrogen) atoms. The molecule has 0 amide bonds. The van der Waals surface area contributed by atoms with Crippen molar-refractivity contribution in [1.29, 1.82) is 0 Å². The van der Waals surface area contributed by atoms with Gasteiger partial charge in [-0.15, -0.1) is 0 Å². The Hall–Kier alpha value is -5.05. The molecule has 0 aliphatic heterocycles. The highest BCUT2D eigenvalue weighted by atomic mass is 28.3. The van der Waals surface area contributed by atoms with Gasteiger partial charge in [0.05, 0.1) is 42.6 Å². The minimum Gasteiger partial charge on any atom is -0.493 e. The van der Waals surface area contributed by atoms with Crippen LogP contribution < -0.4 is 29.3 Å². The summed E-state index contributed by atoms with van der Waals surface area (Å²) >= 11 is 0. The molecule has 7 rings (SSSR count). The maximum atomic E-state index is 6.95. The van der Waals surface area contributed by atoms with Gasteiger partial charge < -0.3 is 18.9 Å². The minimum absolute atomic E-state index is 0.660. The van der Waals surface area contributed by atoms with Crippen molar-refractivity contribution in [2.24, 2.45) is 0 Å². The lowest BCUT2D eigenvalue weighted by atomic mass is 9.91. The molecule has 0 N–H and O–H groups in total. The average molecular weight is 917 g/mol. The van der Waals surface area contributed by atoms with Crippen molar-refractivity contribution in [2.75, 3.05) is 26.4 Å². The van der Waals surface area contributed by atoms with Crippen LogP contribution in [0.15, 0.2) is 121 Å². The number of fused-ring (bicyclic) bond motifs is 8. The average Bonchev–Trinajstić information content (AvgIpc) is 3.32. The summed E-state index contributed by atoms with van der Waals surface area (Å²) < 4.78 is 27.7. The van der Waals surface area contributed by atoms with Crippen LogP contribution in [0.4, 0.5) is 0 Å². The lowest BCUT2D eigenvalue weighted by Crippen LogP contribution is -2.42. The molecule has 0 heterocycles. The van der Waals surface area contributed by atoms with E-state index in [9.17, 15) is 0 Å². The number of ether oxygens (including phenoxy) is 4. The van der Waals surface area contributed by atoms with Crippen LogP contribution >= 0.6 is 0 Å². The van der Waals surface area contributed by atoms with Crippen LogP contribution in [0.3, 0.4) is 0 Å². The van der Waals surface area contributed by atoms with Gasteiger partial charge in [0.25, 0.3) is 0 Å². The summed E-state index contributed by atoms with van der Waals surface area (Å²) in [5, 5.41) is 2.96. The van der Waals surface area contributed by atoms with E-state index in [2.05, 4.69) is 175 Å². The third-order valence-electron chi connectivity index (χ3n) is 13.5. The molecule has 0 aromatic heterocycles. The van der Waals surface area contributed by atoms with Crippen molar-refractivity contribution in [3.05, 3.63) is 177 Å². The maximum Gasteiger partial charge on any atom is 0.126 e. The molecule has 0 saturated carbocycles. The van der Waals surface area contributed by atoms with Crippen molar-refractivity contribution in [3.8, 4) is 23.0 Å². The van der Waals surface area contributed by atoms with Crippen LogP contribution in [0, 0.1) is 0 Å². The van der Waals surface area contributed by atoms with Crippen LogP contribution in [-0.4, -0.2) is 42.6 Å². The van der Waals surface area contributed by atoms with Crippen molar-refractivity contribution < 1.29 is 18.9 Å². The quantitative estimate of drug-likeness (QED) is 0.0714. The highest BCUT2D eigenvalue weighted by molar-refractivity contribution is 6.90. The number of aryl methyl sites for hydroxylation is 2. The second kappa shape index (κ2) is 23.1. The first kappa shape index (κ1) is 48.9. The molecule has 348 valence electrons. The fraction of sp³-hybridized carbons (Fsp3) is 0.400. The van der Waals surface area contributed by atoms with Gasteiger partial charge in [0, 0.05) is 25.7 Å². The third-order valence-corrected chi connectivity index (χ3v) is 20.2. The number of hydrogen-bond donors (Lipinski definition) is 0. The van der Waals surface area contributed by atoms with Gasteiger partial charge in [-0.3, -0.25) is 0 Å². The summed E-state index contributed by atoms with van der Waals surface area (Å²) in [5.74, 6) is 4.06. The SMILES string of the molecule is CCCOc1c2cccc1Cc1cc([Si](C)(C)CCc3ccccc3)cc(c1OCCC)Cc1cccc(c1OCCC)Cc1cc([Si](C)(C)CCc3ccccc3)cc(c1OCCC)C2. The first-order valence-electron chi connectivity index (χ1n) is 25.2. The van der Waals surface area contributed by atoms with Crippen molar-refractivity contribution >= 4 is 26.5 Å². The molecule has 0 spiro atoms. The summed E-state index contributed by atoms with van der Waals surface area (Å²) in [7, 11) is -3.89. The first-order valence-corrected chi connectivity index (χ1v) is 31.6. The molecule has 6 heteroatoms. The third kappa shape index (κ3) is 12.3. The Balaban J connectivity index is 1.46. The number of benzene rings is 6. The van der Waals surface area contributed by atoms with E-state index in [0.29, 0.717) is 26.4 Å². The summed E-state index contributed by atoms with van der Waals surface area (Å²) in [5.41, 5.74) is 12.6. The predicted octanol–water partition coefficient (Wildman–Crippen LogP) is 13.8. The van der Waals surface area contributed by atoms with Crippen molar-refractivity contribution in [1.82, 2.24) is 0 Å². The second-order valence-corrected chi connectivity index (χ2v) is 29.6. The van der Waals surface area contributed by atoms with E-state index in [1.54, 1.807) is 0 Å². The van der Waals surface area contributed by atoms with Gasteiger partial charge in [-0.25, -0.2) is 0 Å². The van der Waals surface area contributed by atoms with Crippen LogP contribution in [0.1, 0.15) is 109 Å². The lowest BCUT2D eigenvalue weighted by molar-refractivity contribution is 0.304. The fourth-order valence-electron chi connectivity index (χ4n) is 9.52. The number of hydrogen-bond acceptors (Lipinski definition) is 4. The molecule has 1 aliphatic carbocycles. The van der Waals surface area contributed by atoms with E-state index in [-0.39, 0.29) is 0 Å². The van der Waals surface area contributed by atoms with Gasteiger partial charge >= 0.3 is 0 Å². The van der Waals surface area contributed by atoms with Gasteiger partial charge in [0.2, 0.25) is 0 Å². The topological polar surface area (TPSA) is 36.9 Å². The zero-order chi connectivity index (χ0) is 46.5. The van der Waals surface area contributed by atoms with E-state index in [1.165, 1.54) is 78.1 Å².